The van der Waals surface area contributed by atoms with Gasteiger partial charge in [-0.15, -0.1) is 11.8 Å². The van der Waals surface area contributed by atoms with Crippen molar-refractivity contribution in [3.8, 4) is 0 Å². The van der Waals surface area contributed by atoms with E-state index in [1.54, 1.807) is 24.3 Å². The number of benzene rings is 2. The Kier molecular flexibility index (Phi) is 4.06. The molecule has 2 aromatic carbocycles. The summed E-state index contributed by atoms with van der Waals surface area (Å²) in [7, 11) is 0. The second kappa shape index (κ2) is 5.75. The van der Waals surface area contributed by atoms with Gasteiger partial charge in [-0.2, -0.15) is 0 Å². The van der Waals surface area contributed by atoms with Crippen molar-refractivity contribution in [2.75, 3.05) is 5.73 Å². The monoisotopic (exact) mass is 277 g/mol. The Morgan fingerprint density at radius 1 is 1.26 bits per heavy atom. The summed E-state index contributed by atoms with van der Waals surface area (Å²) in [4.78, 5) is 11.6. The van der Waals surface area contributed by atoms with Crippen LogP contribution in [0.5, 0.6) is 0 Å². The summed E-state index contributed by atoms with van der Waals surface area (Å²) in [6.45, 7) is 0. The van der Waals surface area contributed by atoms with E-state index in [1.165, 1.54) is 23.9 Å². The summed E-state index contributed by atoms with van der Waals surface area (Å²) in [5, 5.41) is 8.89. The fourth-order valence-corrected chi connectivity index (χ4v) is 2.42. The predicted molar refractivity (Wildman–Crippen MR) is 73.8 cm³/mol. The highest BCUT2D eigenvalue weighted by Gasteiger charge is 2.05. The minimum Gasteiger partial charge on any atom is -0.478 e. The normalized spacial score (nSPS) is 10.4. The van der Waals surface area contributed by atoms with Crippen LogP contribution in [-0.2, 0) is 5.75 Å². The van der Waals surface area contributed by atoms with Crippen molar-refractivity contribution >= 4 is 23.4 Å². The van der Waals surface area contributed by atoms with E-state index >= 15 is 0 Å². The topological polar surface area (TPSA) is 63.3 Å². The molecule has 0 atom stereocenters. The molecule has 0 aliphatic carbocycles. The molecule has 0 saturated heterocycles. The molecule has 0 saturated carbocycles. The quantitative estimate of drug-likeness (QED) is 0.664. The third-order valence-electron chi connectivity index (χ3n) is 2.55. The summed E-state index contributed by atoms with van der Waals surface area (Å²) in [5.74, 6) is -0.820. The van der Waals surface area contributed by atoms with Crippen LogP contribution in [-0.4, -0.2) is 11.1 Å². The van der Waals surface area contributed by atoms with E-state index in [4.69, 9.17) is 10.8 Å². The van der Waals surface area contributed by atoms with Crippen LogP contribution in [0, 0.1) is 5.82 Å². The summed E-state index contributed by atoms with van der Waals surface area (Å²) in [6, 6.07) is 11.3. The molecule has 3 N–H and O–H groups in total. The summed E-state index contributed by atoms with van der Waals surface area (Å²) in [5.41, 5.74) is 6.65. The van der Waals surface area contributed by atoms with E-state index in [9.17, 15) is 9.18 Å². The molecule has 5 heteroatoms. The van der Waals surface area contributed by atoms with Crippen LogP contribution in [0.2, 0.25) is 0 Å². The first-order valence-corrected chi connectivity index (χ1v) is 6.55. The molecule has 0 radical (unpaired) electrons. The van der Waals surface area contributed by atoms with Crippen molar-refractivity contribution in [1.82, 2.24) is 0 Å². The Bertz CT molecular complexity index is 616. The Labute approximate surface area is 114 Å². The van der Waals surface area contributed by atoms with Gasteiger partial charge in [-0.3, -0.25) is 0 Å². The highest BCUT2D eigenvalue weighted by Crippen LogP contribution is 2.25. The molecule has 19 heavy (non-hydrogen) atoms. The number of aromatic carboxylic acids is 1. The highest BCUT2D eigenvalue weighted by molar-refractivity contribution is 7.98. The van der Waals surface area contributed by atoms with Crippen molar-refractivity contribution < 1.29 is 14.3 Å². The van der Waals surface area contributed by atoms with Crippen LogP contribution >= 0.6 is 11.8 Å². The molecule has 0 aliphatic rings. The first-order chi connectivity index (χ1) is 9.06. The van der Waals surface area contributed by atoms with Gasteiger partial charge in [0.05, 0.1) is 11.3 Å². The standard InChI is InChI=1S/C14H12FNO2S/c15-12-7-11(4-5-13(12)16)19-8-9-2-1-3-10(6-9)14(17)18/h1-7H,8,16H2,(H,17,18). The maximum absolute atomic E-state index is 13.3. The largest absolute Gasteiger partial charge is 0.478 e. The van der Waals surface area contributed by atoms with Gasteiger partial charge in [0.15, 0.2) is 0 Å². The van der Waals surface area contributed by atoms with Gasteiger partial charge in [0, 0.05) is 10.6 Å². The SMILES string of the molecule is Nc1ccc(SCc2cccc(C(=O)O)c2)cc1F. The predicted octanol–water partition coefficient (Wildman–Crippen LogP) is 3.40. The van der Waals surface area contributed by atoms with Gasteiger partial charge >= 0.3 is 5.97 Å². The first kappa shape index (κ1) is 13.4. The number of carbonyl (C=O) groups is 1. The Balaban J connectivity index is 2.07. The molecular weight excluding hydrogens is 265 g/mol. The molecule has 0 aliphatic heterocycles. The number of hydrogen-bond donors (Lipinski definition) is 2. The van der Waals surface area contributed by atoms with Crippen LogP contribution in [0.4, 0.5) is 10.1 Å². The maximum atomic E-state index is 13.3. The van der Waals surface area contributed by atoms with Crippen LogP contribution in [0.1, 0.15) is 15.9 Å². The maximum Gasteiger partial charge on any atom is 0.335 e. The molecule has 0 amide bonds. The molecule has 3 nitrogen and oxygen atoms in total. The van der Waals surface area contributed by atoms with Crippen molar-refractivity contribution in [3.63, 3.8) is 0 Å². The number of nitrogens with two attached hydrogens (primary N) is 1. The zero-order valence-electron chi connectivity index (χ0n) is 9.97. The molecule has 0 unspecified atom stereocenters. The zero-order chi connectivity index (χ0) is 13.8. The van der Waals surface area contributed by atoms with Crippen molar-refractivity contribution in [2.45, 2.75) is 10.6 Å². The van der Waals surface area contributed by atoms with E-state index in [-0.39, 0.29) is 11.3 Å². The number of hydrogen-bond acceptors (Lipinski definition) is 3. The number of thioether (sulfide) groups is 1. The number of nitrogen functional groups attached to an aromatic ring is 1. The van der Waals surface area contributed by atoms with Crippen molar-refractivity contribution in [1.29, 1.82) is 0 Å². The van der Waals surface area contributed by atoms with Gasteiger partial charge in [0.2, 0.25) is 0 Å². The lowest BCUT2D eigenvalue weighted by atomic mass is 10.1. The number of rotatable bonds is 4. The number of halogens is 1. The van der Waals surface area contributed by atoms with Crippen molar-refractivity contribution in [2.24, 2.45) is 0 Å². The third kappa shape index (κ3) is 3.48. The molecule has 2 rings (SSSR count). The third-order valence-corrected chi connectivity index (χ3v) is 3.62. The summed E-state index contributed by atoms with van der Waals surface area (Å²) in [6.07, 6.45) is 0. The van der Waals surface area contributed by atoms with Gasteiger partial charge in [0.1, 0.15) is 5.82 Å². The van der Waals surface area contributed by atoms with Crippen LogP contribution in [0.25, 0.3) is 0 Å². The van der Waals surface area contributed by atoms with Gasteiger partial charge < -0.3 is 10.8 Å². The molecule has 0 fully saturated rings. The molecule has 0 aromatic heterocycles. The Morgan fingerprint density at radius 3 is 2.74 bits per heavy atom. The lowest BCUT2D eigenvalue weighted by Crippen LogP contribution is -1.96. The highest BCUT2D eigenvalue weighted by atomic mass is 32.2. The number of carboxylic acid groups (broad SMARTS) is 1. The molecule has 0 heterocycles. The van der Waals surface area contributed by atoms with Crippen LogP contribution in [0.3, 0.4) is 0 Å². The number of carboxylic acids is 1. The van der Waals surface area contributed by atoms with E-state index in [2.05, 4.69) is 0 Å². The van der Waals surface area contributed by atoms with E-state index in [1.807, 2.05) is 6.07 Å². The minimum absolute atomic E-state index is 0.122. The zero-order valence-corrected chi connectivity index (χ0v) is 10.8. The molecule has 0 bridgehead atoms. The van der Waals surface area contributed by atoms with Crippen molar-refractivity contribution in [3.05, 3.63) is 59.4 Å². The average Bonchev–Trinajstić information content (AvgIpc) is 2.40. The molecule has 0 spiro atoms. The summed E-state index contributed by atoms with van der Waals surface area (Å²) >= 11 is 1.43. The van der Waals surface area contributed by atoms with E-state index < -0.39 is 11.8 Å². The van der Waals surface area contributed by atoms with E-state index in [0.29, 0.717) is 5.75 Å². The van der Waals surface area contributed by atoms with Crippen LogP contribution < -0.4 is 5.73 Å². The van der Waals surface area contributed by atoms with Gasteiger partial charge in [-0.1, -0.05) is 12.1 Å². The van der Waals surface area contributed by atoms with Crippen LogP contribution in [0.15, 0.2) is 47.4 Å². The van der Waals surface area contributed by atoms with Gasteiger partial charge in [-0.05, 0) is 35.9 Å². The lowest BCUT2D eigenvalue weighted by molar-refractivity contribution is 0.0697. The average molecular weight is 277 g/mol. The Morgan fingerprint density at radius 2 is 2.05 bits per heavy atom. The molecular formula is C14H12FNO2S. The molecule has 2 aromatic rings. The first-order valence-electron chi connectivity index (χ1n) is 5.56. The minimum atomic E-state index is -0.953. The fourth-order valence-electron chi connectivity index (χ4n) is 1.56. The fraction of sp³-hybridized carbons (Fsp3) is 0.0714. The summed E-state index contributed by atoms with van der Waals surface area (Å²) < 4.78 is 13.3. The van der Waals surface area contributed by atoms with Gasteiger partial charge in [0.25, 0.3) is 0 Å². The van der Waals surface area contributed by atoms with E-state index in [0.717, 1.165) is 10.5 Å². The second-order valence-corrected chi connectivity index (χ2v) is 5.03. The van der Waals surface area contributed by atoms with Gasteiger partial charge in [-0.25, -0.2) is 9.18 Å². The smallest absolute Gasteiger partial charge is 0.335 e. The lowest BCUT2D eigenvalue weighted by Gasteiger charge is -2.04. The molecule has 98 valence electrons. The number of anilines is 1. The Hall–Kier alpha value is -2.01. The second-order valence-electron chi connectivity index (χ2n) is 3.98.